The first kappa shape index (κ1) is 14.4. The smallest absolute Gasteiger partial charge is 0.331 e. The van der Waals surface area contributed by atoms with E-state index in [2.05, 4.69) is 11.3 Å². The van der Waals surface area contributed by atoms with Gasteiger partial charge >= 0.3 is 5.97 Å². The molecule has 0 fully saturated rings. The fourth-order valence-corrected chi connectivity index (χ4v) is 2.76. The van der Waals surface area contributed by atoms with Crippen molar-refractivity contribution in [3.63, 3.8) is 0 Å². The van der Waals surface area contributed by atoms with Crippen molar-refractivity contribution in [3.05, 3.63) is 42.0 Å². The van der Waals surface area contributed by atoms with Gasteiger partial charge in [-0.05, 0) is 11.6 Å². The molecule has 0 aromatic heterocycles. The highest BCUT2D eigenvalue weighted by atomic mass is 32.2. The van der Waals surface area contributed by atoms with Crippen LogP contribution < -0.4 is 4.72 Å². The van der Waals surface area contributed by atoms with E-state index >= 15 is 0 Å². The van der Waals surface area contributed by atoms with Crippen LogP contribution in [0.2, 0.25) is 0 Å². The van der Waals surface area contributed by atoms with Gasteiger partial charge in [0.1, 0.15) is 0 Å². The maximum Gasteiger partial charge on any atom is 0.331 e. The van der Waals surface area contributed by atoms with Gasteiger partial charge in [-0.15, -0.1) is 0 Å². The molecule has 2 N–H and O–H groups in total. The van der Waals surface area contributed by atoms with Gasteiger partial charge in [-0.1, -0.05) is 31.7 Å². The number of hydrogen-bond acceptors (Lipinski definition) is 3. The van der Waals surface area contributed by atoms with Crippen LogP contribution in [0, 0.1) is 0 Å². The molecule has 0 heterocycles. The van der Waals surface area contributed by atoms with Gasteiger partial charge in [0, 0.05) is 18.5 Å². The molecule has 1 aromatic carbocycles. The Morgan fingerprint density at radius 2 is 2.00 bits per heavy atom. The number of carbonyl (C=O) groups is 1. The molecule has 0 spiro atoms. The number of rotatable bonds is 6. The van der Waals surface area contributed by atoms with Gasteiger partial charge < -0.3 is 5.11 Å². The van der Waals surface area contributed by atoms with E-state index in [9.17, 15) is 13.2 Å². The highest BCUT2D eigenvalue weighted by Gasteiger charge is 2.18. The second kappa shape index (κ2) is 5.79. The molecule has 1 rings (SSSR count). The second-order valence-corrected chi connectivity index (χ2v) is 5.43. The SMILES string of the molecule is C=C(Cc1ccccc1S(=O)(=O)NCC)C(=O)O. The normalized spacial score (nSPS) is 11.2. The Hall–Kier alpha value is -1.66. The van der Waals surface area contributed by atoms with Crippen LogP contribution in [0.15, 0.2) is 41.3 Å². The van der Waals surface area contributed by atoms with Crippen molar-refractivity contribution in [2.75, 3.05) is 6.54 Å². The quantitative estimate of drug-likeness (QED) is 0.759. The maximum absolute atomic E-state index is 11.9. The van der Waals surface area contributed by atoms with E-state index in [4.69, 9.17) is 5.11 Å². The van der Waals surface area contributed by atoms with Crippen molar-refractivity contribution in [3.8, 4) is 0 Å². The van der Waals surface area contributed by atoms with Crippen LogP contribution >= 0.6 is 0 Å². The van der Waals surface area contributed by atoms with E-state index in [1.165, 1.54) is 6.07 Å². The molecule has 0 aliphatic rings. The summed E-state index contributed by atoms with van der Waals surface area (Å²) in [6, 6.07) is 6.29. The van der Waals surface area contributed by atoms with Crippen LogP contribution in [0.25, 0.3) is 0 Å². The van der Waals surface area contributed by atoms with Crippen molar-refractivity contribution in [2.45, 2.75) is 18.2 Å². The van der Waals surface area contributed by atoms with Gasteiger partial charge in [0.2, 0.25) is 10.0 Å². The fourth-order valence-electron chi connectivity index (χ4n) is 1.49. The zero-order valence-corrected chi connectivity index (χ0v) is 10.8. The lowest BCUT2D eigenvalue weighted by Gasteiger charge is -2.10. The number of hydrogen-bond donors (Lipinski definition) is 2. The first-order valence-corrected chi connectivity index (χ1v) is 6.85. The Morgan fingerprint density at radius 1 is 1.39 bits per heavy atom. The van der Waals surface area contributed by atoms with Gasteiger partial charge in [0.15, 0.2) is 0 Å². The fraction of sp³-hybridized carbons (Fsp3) is 0.250. The number of carboxylic acid groups (broad SMARTS) is 1. The molecular formula is C12H15NO4S. The monoisotopic (exact) mass is 269 g/mol. The molecule has 98 valence electrons. The van der Waals surface area contributed by atoms with Crippen molar-refractivity contribution < 1.29 is 18.3 Å². The molecule has 1 aromatic rings. The van der Waals surface area contributed by atoms with Gasteiger partial charge in [-0.2, -0.15) is 0 Å². The molecule has 0 saturated heterocycles. The van der Waals surface area contributed by atoms with Crippen molar-refractivity contribution >= 4 is 16.0 Å². The van der Waals surface area contributed by atoms with E-state index in [1.807, 2.05) is 0 Å². The Kier molecular flexibility index (Phi) is 4.63. The molecule has 5 nitrogen and oxygen atoms in total. The molecule has 18 heavy (non-hydrogen) atoms. The van der Waals surface area contributed by atoms with E-state index in [0.29, 0.717) is 5.56 Å². The molecule has 0 atom stereocenters. The van der Waals surface area contributed by atoms with E-state index in [0.717, 1.165) is 0 Å². The molecule has 0 unspecified atom stereocenters. The molecule has 0 aliphatic heterocycles. The third-order valence-corrected chi connectivity index (χ3v) is 3.95. The molecule has 0 amide bonds. The minimum atomic E-state index is -3.60. The average Bonchev–Trinajstić information content (AvgIpc) is 2.29. The zero-order valence-electron chi connectivity index (χ0n) is 10.0. The third kappa shape index (κ3) is 3.41. The zero-order chi connectivity index (χ0) is 13.8. The third-order valence-electron chi connectivity index (χ3n) is 2.30. The van der Waals surface area contributed by atoms with Crippen LogP contribution in [0.4, 0.5) is 0 Å². The first-order chi connectivity index (χ1) is 8.38. The van der Waals surface area contributed by atoms with E-state index in [-0.39, 0.29) is 23.4 Å². The molecule has 0 bridgehead atoms. The number of benzene rings is 1. The summed E-state index contributed by atoms with van der Waals surface area (Å²) in [4.78, 5) is 10.8. The van der Waals surface area contributed by atoms with Gasteiger partial charge in [0.05, 0.1) is 4.90 Å². The van der Waals surface area contributed by atoms with Crippen LogP contribution in [-0.2, 0) is 21.2 Å². The summed E-state index contributed by atoms with van der Waals surface area (Å²) in [5, 5.41) is 8.78. The molecule has 6 heteroatoms. The Balaban J connectivity index is 3.15. The topological polar surface area (TPSA) is 83.5 Å². The first-order valence-electron chi connectivity index (χ1n) is 5.37. The highest BCUT2D eigenvalue weighted by molar-refractivity contribution is 7.89. The Labute approximate surface area is 106 Å². The molecule has 0 aliphatic carbocycles. The number of sulfonamides is 1. The summed E-state index contributed by atoms with van der Waals surface area (Å²) < 4.78 is 26.2. The lowest BCUT2D eigenvalue weighted by Crippen LogP contribution is -2.24. The van der Waals surface area contributed by atoms with Crippen LogP contribution in [0.3, 0.4) is 0 Å². The Morgan fingerprint density at radius 3 is 2.56 bits per heavy atom. The average molecular weight is 269 g/mol. The highest BCUT2D eigenvalue weighted by Crippen LogP contribution is 2.18. The minimum absolute atomic E-state index is 0.00384. The van der Waals surface area contributed by atoms with Crippen molar-refractivity contribution in [2.24, 2.45) is 0 Å². The van der Waals surface area contributed by atoms with Crippen LogP contribution in [0.1, 0.15) is 12.5 Å². The van der Waals surface area contributed by atoms with Crippen molar-refractivity contribution in [1.29, 1.82) is 0 Å². The summed E-state index contributed by atoms with van der Waals surface area (Å²) in [6.07, 6.45) is -0.00384. The standard InChI is InChI=1S/C12H15NO4S/c1-3-13-18(16,17)11-7-5-4-6-10(11)8-9(2)12(14)15/h4-7,13H,2-3,8H2,1H3,(H,14,15). The second-order valence-electron chi connectivity index (χ2n) is 3.69. The number of carboxylic acids is 1. The van der Waals surface area contributed by atoms with Crippen LogP contribution in [0.5, 0.6) is 0 Å². The summed E-state index contributed by atoms with van der Waals surface area (Å²) in [7, 11) is -3.60. The number of aliphatic carboxylic acids is 1. The maximum atomic E-state index is 11.9. The summed E-state index contributed by atoms with van der Waals surface area (Å²) in [6.45, 7) is 5.36. The van der Waals surface area contributed by atoms with Gasteiger partial charge in [0.25, 0.3) is 0 Å². The van der Waals surface area contributed by atoms with Crippen LogP contribution in [-0.4, -0.2) is 26.0 Å². The predicted octanol–water partition coefficient (Wildman–Crippen LogP) is 1.17. The minimum Gasteiger partial charge on any atom is -0.478 e. The van der Waals surface area contributed by atoms with Crippen molar-refractivity contribution in [1.82, 2.24) is 4.72 Å². The molecular weight excluding hydrogens is 254 g/mol. The van der Waals surface area contributed by atoms with E-state index in [1.54, 1.807) is 25.1 Å². The van der Waals surface area contributed by atoms with Gasteiger partial charge in [-0.3, -0.25) is 0 Å². The molecule has 0 saturated carbocycles. The predicted molar refractivity (Wildman–Crippen MR) is 67.8 cm³/mol. The molecule has 0 radical (unpaired) electrons. The summed E-state index contributed by atoms with van der Waals surface area (Å²) in [5.41, 5.74) is 0.375. The Bertz CT molecular complexity index is 563. The lowest BCUT2D eigenvalue weighted by molar-refractivity contribution is -0.132. The largest absolute Gasteiger partial charge is 0.478 e. The summed E-state index contributed by atoms with van der Waals surface area (Å²) >= 11 is 0. The lowest BCUT2D eigenvalue weighted by atomic mass is 10.1. The summed E-state index contributed by atoms with van der Waals surface area (Å²) in [5.74, 6) is -1.13. The van der Waals surface area contributed by atoms with Gasteiger partial charge in [-0.25, -0.2) is 17.9 Å². The number of nitrogens with one attached hydrogen (secondary N) is 1. The van der Waals surface area contributed by atoms with E-state index < -0.39 is 16.0 Å².